The van der Waals surface area contributed by atoms with E-state index in [4.69, 9.17) is 4.74 Å². The normalized spacial score (nSPS) is 23.7. The second-order valence-electron chi connectivity index (χ2n) is 5.05. The number of rotatable bonds is 4. The van der Waals surface area contributed by atoms with Crippen molar-refractivity contribution in [1.29, 1.82) is 0 Å². The first kappa shape index (κ1) is 13.2. The lowest BCUT2D eigenvalue weighted by molar-refractivity contribution is 0.316. The fourth-order valence-electron chi connectivity index (χ4n) is 2.87. The zero-order valence-electron chi connectivity index (χ0n) is 11.2. The zero-order valence-corrected chi connectivity index (χ0v) is 11.2. The van der Waals surface area contributed by atoms with Gasteiger partial charge in [-0.15, -0.1) is 0 Å². The van der Waals surface area contributed by atoms with E-state index in [0.29, 0.717) is 17.7 Å². The van der Waals surface area contributed by atoms with Crippen LogP contribution in [0.1, 0.15) is 39.0 Å². The number of methoxy groups -OCH3 is 1. The highest BCUT2D eigenvalue weighted by Gasteiger charge is 2.24. The molecule has 1 aromatic carbocycles. The molecule has 1 N–H and O–H groups in total. The van der Waals surface area contributed by atoms with Crippen LogP contribution in [0.3, 0.4) is 0 Å². The fraction of sp³-hybridized carbons (Fsp3) is 0.600. The highest BCUT2D eigenvalue weighted by molar-refractivity contribution is 5.57. The van der Waals surface area contributed by atoms with Gasteiger partial charge < -0.3 is 10.1 Å². The molecule has 2 unspecified atom stereocenters. The van der Waals surface area contributed by atoms with Crippen molar-refractivity contribution in [2.75, 3.05) is 12.4 Å². The van der Waals surface area contributed by atoms with Crippen LogP contribution in [0.2, 0.25) is 0 Å². The number of hydrogen-bond donors (Lipinski definition) is 1. The summed E-state index contributed by atoms with van der Waals surface area (Å²) in [6.45, 7) is 2.24. The van der Waals surface area contributed by atoms with Gasteiger partial charge in [0.1, 0.15) is 11.6 Å². The van der Waals surface area contributed by atoms with Gasteiger partial charge in [-0.05, 0) is 30.9 Å². The second kappa shape index (κ2) is 6.07. The van der Waals surface area contributed by atoms with Crippen molar-refractivity contribution in [3.8, 4) is 5.75 Å². The number of ether oxygens (including phenoxy) is 1. The van der Waals surface area contributed by atoms with Gasteiger partial charge in [0.2, 0.25) is 0 Å². The van der Waals surface area contributed by atoms with Gasteiger partial charge in [0.25, 0.3) is 0 Å². The van der Waals surface area contributed by atoms with Gasteiger partial charge in [0.15, 0.2) is 0 Å². The number of nitrogens with one attached hydrogen (secondary N) is 1. The minimum Gasteiger partial charge on any atom is -0.494 e. The largest absolute Gasteiger partial charge is 0.494 e. The summed E-state index contributed by atoms with van der Waals surface area (Å²) in [6.07, 6.45) is 6.28. The maximum Gasteiger partial charge on any atom is 0.144 e. The van der Waals surface area contributed by atoms with Crippen LogP contribution in [0.25, 0.3) is 0 Å². The smallest absolute Gasteiger partial charge is 0.144 e. The first-order valence-electron chi connectivity index (χ1n) is 6.84. The molecule has 0 amide bonds. The average Bonchev–Trinajstić information content (AvgIpc) is 2.41. The predicted molar refractivity (Wildman–Crippen MR) is 72.6 cm³/mol. The Morgan fingerprint density at radius 3 is 2.83 bits per heavy atom. The van der Waals surface area contributed by atoms with Gasteiger partial charge in [0.05, 0.1) is 12.8 Å². The predicted octanol–water partition coefficient (Wildman–Crippen LogP) is 4.22. The Morgan fingerprint density at radius 2 is 2.11 bits per heavy atom. The first-order chi connectivity index (χ1) is 8.74. The molecular weight excluding hydrogens is 229 g/mol. The Balaban J connectivity index is 2.12. The highest BCUT2D eigenvalue weighted by Crippen LogP contribution is 2.32. The van der Waals surface area contributed by atoms with Crippen LogP contribution in [0.15, 0.2) is 18.2 Å². The molecule has 1 aliphatic carbocycles. The number of anilines is 1. The van der Waals surface area contributed by atoms with Gasteiger partial charge >= 0.3 is 0 Å². The average molecular weight is 251 g/mol. The second-order valence-corrected chi connectivity index (χ2v) is 5.05. The molecule has 3 heteroatoms. The maximum absolute atomic E-state index is 13.1. The van der Waals surface area contributed by atoms with E-state index in [1.807, 2.05) is 0 Å². The van der Waals surface area contributed by atoms with Crippen molar-refractivity contribution in [2.24, 2.45) is 5.92 Å². The van der Waals surface area contributed by atoms with Crippen molar-refractivity contribution < 1.29 is 9.13 Å². The molecule has 2 atom stereocenters. The van der Waals surface area contributed by atoms with E-state index in [1.165, 1.54) is 44.2 Å². The summed E-state index contributed by atoms with van der Waals surface area (Å²) in [5, 5.41) is 3.54. The first-order valence-corrected chi connectivity index (χ1v) is 6.84. The molecule has 1 saturated carbocycles. The maximum atomic E-state index is 13.1. The summed E-state index contributed by atoms with van der Waals surface area (Å²) >= 11 is 0. The fourth-order valence-corrected chi connectivity index (χ4v) is 2.87. The van der Waals surface area contributed by atoms with Gasteiger partial charge in [-0.3, -0.25) is 0 Å². The van der Waals surface area contributed by atoms with Crippen molar-refractivity contribution in [1.82, 2.24) is 0 Å². The third kappa shape index (κ3) is 2.95. The van der Waals surface area contributed by atoms with Crippen LogP contribution in [-0.2, 0) is 0 Å². The Hall–Kier alpha value is -1.25. The Morgan fingerprint density at radius 1 is 1.33 bits per heavy atom. The molecule has 1 aromatic rings. The van der Waals surface area contributed by atoms with Gasteiger partial charge in [-0.2, -0.15) is 0 Å². The van der Waals surface area contributed by atoms with E-state index in [-0.39, 0.29) is 5.82 Å². The number of benzene rings is 1. The van der Waals surface area contributed by atoms with E-state index < -0.39 is 0 Å². The van der Waals surface area contributed by atoms with Crippen LogP contribution in [0.5, 0.6) is 5.75 Å². The molecule has 0 aromatic heterocycles. The lowest BCUT2D eigenvalue weighted by Crippen LogP contribution is -2.31. The summed E-state index contributed by atoms with van der Waals surface area (Å²) in [4.78, 5) is 0. The monoisotopic (exact) mass is 251 g/mol. The number of halogens is 1. The Kier molecular flexibility index (Phi) is 4.45. The third-order valence-corrected chi connectivity index (χ3v) is 3.94. The highest BCUT2D eigenvalue weighted by atomic mass is 19.1. The van der Waals surface area contributed by atoms with Crippen molar-refractivity contribution in [3.05, 3.63) is 24.0 Å². The quantitative estimate of drug-likeness (QED) is 0.865. The summed E-state index contributed by atoms with van der Waals surface area (Å²) in [5.41, 5.74) is 0.907. The lowest BCUT2D eigenvalue weighted by atomic mass is 9.83. The number of hydrogen-bond acceptors (Lipinski definition) is 2. The van der Waals surface area contributed by atoms with Crippen LogP contribution in [-0.4, -0.2) is 13.2 Å². The van der Waals surface area contributed by atoms with Crippen LogP contribution >= 0.6 is 0 Å². The minimum absolute atomic E-state index is 0.256. The molecule has 0 heterocycles. The van der Waals surface area contributed by atoms with E-state index in [0.717, 1.165) is 5.69 Å². The SMILES string of the molecule is CCC1CCCCC1Nc1ccc(F)cc1OC. The molecule has 2 rings (SSSR count). The van der Waals surface area contributed by atoms with Crippen LogP contribution < -0.4 is 10.1 Å². The minimum atomic E-state index is -0.256. The van der Waals surface area contributed by atoms with Crippen molar-refractivity contribution in [3.63, 3.8) is 0 Å². The molecule has 1 fully saturated rings. The van der Waals surface area contributed by atoms with Crippen LogP contribution in [0.4, 0.5) is 10.1 Å². The van der Waals surface area contributed by atoms with E-state index in [1.54, 1.807) is 13.2 Å². The molecule has 18 heavy (non-hydrogen) atoms. The molecule has 0 saturated heterocycles. The summed E-state index contributed by atoms with van der Waals surface area (Å²) < 4.78 is 18.4. The molecule has 0 radical (unpaired) electrons. The van der Waals surface area contributed by atoms with Gasteiger partial charge in [0, 0.05) is 12.1 Å². The molecule has 2 nitrogen and oxygen atoms in total. The molecule has 0 spiro atoms. The van der Waals surface area contributed by atoms with Gasteiger partial charge in [-0.1, -0.05) is 26.2 Å². The summed E-state index contributed by atoms with van der Waals surface area (Å²) in [5.74, 6) is 1.05. The molecular formula is C15H22FNO. The summed E-state index contributed by atoms with van der Waals surface area (Å²) in [7, 11) is 1.58. The molecule has 100 valence electrons. The van der Waals surface area contributed by atoms with E-state index >= 15 is 0 Å². The topological polar surface area (TPSA) is 21.3 Å². The Labute approximate surface area is 109 Å². The molecule has 0 bridgehead atoms. The lowest BCUT2D eigenvalue weighted by Gasteiger charge is -2.32. The van der Waals surface area contributed by atoms with Crippen LogP contribution in [0, 0.1) is 11.7 Å². The Bertz CT molecular complexity index is 394. The molecule has 0 aliphatic heterocycles. The van der Waals surface area contributed by atoms with E-state index in [2.05, 4.69) is 12.2 Å². The molecule has 1 aliphatic rings. The third-order valence-electron chi connectivity index (χ3n) is 3.94. The van der Waals surface area contributed by atoms with Crippen molar-refractivity contribution in [2.45, 2.75) is 45.1 Å². The van der Waals surface area contributed by atoms with Crippen molar-refractivity contribution >= 4 is 5.69 Å². The van der Waals surface area contributed by atoms with E-state index in [9.17, 15) is 4.39 Å². The summed E-state index contributed by atoms with van der Waals surface area (Å²) in [6, 6.07) is 5.18. The zero-order chi connectivity index (χ0) is 13.0. The van der Waals surface area contributed by atoms with Gasteiger partial charge in [-0.25, -0.2) is 4.39 Å². The standard InChI is InChI=1S/C15H22FNO/c1-3-11-6-4-5-7-13(11)17-14-9-8-12(16)10-15(14)18-2/h8-11,13,17H,3-7H2,1-2H3.